The summed E-state index contributed by atoms with van der Waals surface area (Å²) in [6.45, 7) is -0.513. The van der Waals surface area contributed by atoms with Crippen molar-refractivity contribution in [2.75, 3.05) is 0 Å². The Hall–Kier alpha value is -2.60. The fourth-order valence-electron chi connectivity index (χ4n) is 2.23. The quantitative estimate of drug-likeness (QED) is 0.798. The summed E-state index contributed by atoms with van der Waals surface area (Å²) in [7, 11) is 0. The molecule has 6 heteroatoms. The summed E-state index contributed by atoms with van der Waals surface area (Å²) >= 11 is 0. The van der Waals surface area contributed by atoms with Gasteiger partial charge in [0, 0.05) is 17.2 Å². The molecule has 0 unspecified atom stereocenters. The SMILES string of the molecule is OCc1c(-c2ccccc2F)noc1-c1cc(F)cc(F)c1. The van der Waals surface area contributed by atoms with E-state index in [1.165, 1.54) is 18.2 Å². The van der Waals surface area contributed by atoms with Crippen LogP contribution in [-0.2, 0) is 6.61 Å². The second kappa shape index (κ2) is 5.65. The summed E-state index contributed by atoms with van der Waals surface area (Å²) in [5.41, 5.74) is 0.477. The Bertz CT molecular complexity index is 810. The molecule has 1 aromatic heterocycles. The topological polar surface area (TPSA) is 46.3 Å². The third kappa shape index (κ3) is 2.48. The zero-order chi connectivity index (χ0) is 15.7. The van der Waals surface area contributed by atoms with Crippen LogP contribution in [0.3, 0.4) is 0 Å². The summed E-state index contributed by atoms with van der Waals surface area (Å²) in [6.07, 6.45) is 0. The van der Waals surface area contributed by atoms with Crippen LogP contribution in [0.1, 0.15) is 5.56 Å². The van der Waals surface area contributed by atoms with Crippen molar-refractivity contribution in [1.29, 1.82) is 0 Å². The number of benzene rings is 2. The minimum Gasteiger partial charge on any atom is -0.391 e. The van der Waals surface area contributed by atoms with Crippen LogP contribution in [-0.4, -0.2) is 10.3 Å². The highest BCUT2D eigenvalue weighted by Crippen LogP contribution is 2.33. The molecule has 0 aliphatic carbocycles. The van der Waals surface area contributed by atoms with Crippen molar-refractivity contribution in [3.8, 4) is 22.6 Å². The van der Waals surface area contributed by atoms with Gasteiger partial charge in [0.05, 0.1) is 12.2 Å². The largest absolute Gasteiger partial charge is 0.391 e. The zero-order valence-electron chi connectivity index (χ0n) is 11.2. The summed E-state index contributed by atoms with van der Waals surface area (Å²) < 4.78 is 45.6. The lowest BCUT2D eigenvalue weighted by Gasteiger charge is -2.03. The lowest BCUT2D eigenvalue weighted by molar-refractivity contribution is 0.281. The molecule has 0 aliphatic rings. The molecular formula is C16H10F3NO2. The van der Waals surface area contributed by atoms with E-state index in [4.69, 9.17) is 4.52 Å². The summed E-state index contributed by atoms with van der Waals surface area (Å²) in [4.78, 5) is 0. The molecule has 0 saturated heterocycles. The Kier molecular flexibility index (Phi) is 3.68. The minimum atomic E-state index is -0.789. The number of aromatic nitrogens is 1. The fourth-order valence-corrected chi connectivity index (χ4v) is 2.23. The maximum Gasteiger partial charge on any atom is 0.173 e. The Morgan fingerprint density at radius 3 is 2.32 bits per heavy atom. The van der Waals surface area contributed by atoms with Gasteiger partial charge in [-0.05, 0) is 24.3 Å². The van der Waals surface area contributed by atoms with Gasteiger partial charge >= 0.3 is 0 Å². The molecule has 0 bridgehead atoms. The van der Waals surface area contributed by atoms with Gasteiger partial charge in [-0.25, -0.2) is 13.2 Å². The molecular weight excluding hydrogens is 295 g/mol. The van der Waals surface area contributed by atoms with Crippen LogP contribution < -0.4 is 0 Å². The highest BCUT2D eigenvalue weighted by Gasteiger charge is 2.21. The molecule has 0 amide bonds. The van der Waals surface area contributed by atoms with Crippen molar-refractivity contribution in [3.63, 3.8) is 0 Å². The predicted octanol–water partition coefficient (Wildman–Crippen LogP) is 3.92. The van der Waals surface area contributed by atoms with Crippen molar-refractivity contribution < 1.29 is 22.8 Å². The van der Waals surface area contributed by atoms with Gasteiger partial charge in [0.25, 0.3) is 0 Å². The smallest absolute Gasteiger partial charge is 0.173 e. The van der Waals surface area contributed by atoms with Gasteiger partial charge in [0.15, 0.2) is 5.76 Å². The van der Waals surface area contributed by atoms with E-state index in [0.717, 1.165) is 18.2 Å². The maximum atomic E-state index is 13.8. The predicted molar refractivity (Wildman–Crippen MR) is 73.2 cm³/mol. The molecule has 112 valence electrons. The monoisotopic (exact) mass is 305 g/mol. The Morgan fingerprint density at radius 2 is 1.68 bits per heavy atom. The van der Waals surface area contributed by atoms with E-state index in [1.807, 2.05) is 0 Å². The number of aliphatic hydroxyl groups excluding tert-OH is 1. The number of aliphatic hydroxyl groups is 1. The highest BCUT2D eigenvalue weighted by molar-refractivity contribution is 5.72. The molecule has 3 nitrogen and oxygen atoms in total. The van der Waals surface area contributed by atoms with E-state index in [1.54, 1.807) is 6.07 Å². The van der Waals surface area contributed by atoms with E-state index in [2.05, 4.69) is 5.16 Å². The average Bonchev–Trinajstić information content (AvgIpc) is 2.90. The van der Waals surface area contributed by atoms with Gasteiger partial charge in [-0.3, -0.25) is 0 Å². The van der Waals surface area contributed by atoms with Crippen LogP contribution >= 0.6 is 0 Å². The van der Waals surface area contributed by atoms with E-state index in [9.17, 15) is 18.3 Å². The van der Waals surface area contributed by atoms with E-state index in [-0.39, 0.29) is 28.1 Å². The molecule has 22 heavy (non-hydrogen) atoms. The van der Waals surface area contributed by atoms with E-state index >= 15 is 0 Å². The van der Waals surface area contributed by atoms with Gasteiger partial charge < -0.3 is 9.63 Å². The molecule has 0 aliphatic heterocycles. The Balaban J connectivity index is 2.18. The number of hydrogen-bond donors (Lipinski definition) is 1. The van der Waals surface area contributed by atoms with E-state index < -0.39 is 24.1 Å². The second-order valence-corrected chi connectivity index (χ2v) is 4.63. The molecule has 1 heterocycles. The number of rotatable bonds is 3. The summed E-state index contributed by atoms with van der Waals surface area (Å²) in [6, 6.07) is 8.66. The normalized spacial score (nSPS) is 10.9. The van der Waals surface area contributed by atoms with Gasteiger partial charge in [-0.15, -0.1) is 0 Å². The first-order valence-corrected chi connectivity index (χ1v) is 6.41. The van der Waals surface area contributed by atoms with Crippen LogP contribution in [0.15, 0.2) is 47.0 Å². The Morgan fingerprint density at radius 1 is 1.00 bits per heavy atom. The third-order valence-corrected chi connectivity index (χ3v) is 3.20. The van der Waals surface area contributed by atoms with Crippen molar-refractivity contribution in [2.24, 2.45) is 0 Å². The van der Waals surface area contributed by atoms with Crippen molar-refractivity contribution in [2.45, 2.75) is 6.61 Å². The lowest BCUT2D eigenvalue weighted by atomic mass is 10.0. The van der Waals surface area contributed by atoms with E-state index in [0.29, 0.717) is 0 Å². The minimum absolute atomic E-state index is 0.000784. The van der Waals surface area contributed by atoms with Crippen molar-refractivity contribution in [1.82, 2.24) is 5.16 Å². The molecule has 2 aromatic carbocycles. The summed E-state index contributed by atoms with van der Waals surface area (Å²) in [5.74, 6) is -2.12. The van der Waals surface area contributed by atoms with Crippen LogP contribution in [0.25, 0.3) is 22.6 Å². The van der Waals surface area contributed by atoms with Gasteiger partial charge in [-0.1, -0.05) is 17.3 Å². The third-order valence-electron chi connectivity index (χ3n) is 3.20. The van der Waals surface area contributed by atoms with Crippen molar-refractivity contribution >= 4 is 0 Å². The standard InChI is InChI=1S/C16H10F3NO2/c17-10-5-9(6-11(18)7-10)16-13(8-21)15(20-22-16)12-3-1-2-4-14(12)19/h1-7,21H,8H2. The second-order valence-electron chi connectivity index (χ2n) is 4.63. The van der Waals surface area contributed by atoms with Gasteiger partial charge in [-0.2, -0.15) is 0 Å². The molecule has 0 fully saturated rings. The molecule has 0 radical (unpaired) electrons. The fraction of sp³-hybridized carbons (Fsp3) is 0.0625. The first kappa shape index (κ1) is 14.3. The number of halogens is 3. The number of nitrogens with zero attached hydrogens (tertiary/aromatic N) is 1. The van der Waals surface area contributed by atoms with Gasteiger partial charge in [0.1, 0.15) is 23.1 Å². The molecule has 0 saturated carbocycles. The van der Waals surface area contributed by atoms with Crippen molar-refractivity contribution in [3.05, 3.63) is 65.5 Å². The summed E-state index contributed by atoms with van der Waals surface area (Å²) in [5, 5.41) is 13.3. The Labute approximate surface area is 123 Å². The van der Waals surface area contributed by atoms with Crippen LogP contribution in [0.5, 0.6) is 0 Å². The highest BCUT2D eigenvalue weighted by atomic mass is 19.1. The first-order valence-electron chi connectivity index (χ1n) is 6.41. The number of hydrogen-bond acceptors (Lipinski definition) is 3. The molecule has 3 rings (SSSR count). The first-order chi connectivity index (χ1) is 10.6. The average molecular weight is 305 g/mol. The van der Waals surface area contributed by atoms with Crippen LogP contribution in [0, 0.1) is 17.5 Å². The van der Waals surface area contributed by atoms with Gasteiger partial charge in [0.2, 0.25) is 0 Å². The molecule has 0 atom stereocenters. The lowest BCUT2D eigenvalue weighted by Crippen LogP contribution is -1.92. The maximum absolute atomic E-state index is 13.8. The molecule has 1 N–H and O–H groups in total. The van der Waals surface area contributed by atoms with Crippen LogP contribution in [0.2, 0.25) is 0 Å². The zero-order valence-corrected chi connectivity index (χ0v) is 11.2. The molecule has 3 aromatic rings. The molecule has 0 spiro atoms. The van der Waals surface area contributed by atoms with Crippen LogP contribution in [0.4, 0.5) is 13.2 Å².